The van der Waals surface area contributed by atoms with Crippen LogP contribution in [-0.2, 0) is 4.79 Å². The fourth-order valence-corrected chi connectivity index (χ4v) is 1.00. The van der Waals surface area contributed by atoms with E-state index in [1.165, 1.54) is 0 Å². The number of nitrogens with two attached hydrogens (primary N) is 1. The molecule has 1 aromatic rings. The summed E-state index contributed by atoms with van der Waals surface area (Å²) >= 11 is 0. The van der Waals surface area contributed by atoms with Gasteiger partial charge in [-0.15, -0.1) is 0 Å². The molecule has 0 bridgehead atoms. The fraction of sp³-hybridized carbons (Fsp3) is 0.200. The first-order chi connectivity index (χ1) is 7.13. The number of benzene rings is 1. The van der Waals surface area contributed by atoms with Gasteiger partial charge in [0.15, 0.2) is 6.61 Å². The number of ether oxygens (including phenoxy) is 1. The van der Waals surface area contributed by atoms with Gasteiger partial charge in [0, 0.05) is 0 Å². The molecule has 0 unspecified atom stereocenters. The minimum absolute atomic E-state index is 0.146. The molecule has 0 aliphatic carbocycles. The molecule has 0 atom stereocenters. The van der Waals surface area contributed by atoms with Crippen LogP contribution in [-0.4, -0.2) is 23.4 Å². The molecule has 0 heterocycles. The predicted molar refractivity (Wildman–Crippen MR) is 55.1 cm³/mol. The van der Waals surface area contributed by atoms with Crippen LogP contribution < -0.4 is 10.5 Å². The first kappa shape index (κ1) is 11.0. The Hall–Kier alpha value is -2.04. The van der Waals surface area contributed by atoms with Crippen LogP contribution in [0, 0.1) is 0 Å². The van der Waals surface area contributed by atoms with Crippen molar-refractivity contribution in [2.75, 3.05) is 6.61 Å². The van der Waals surface area contributed by atoms with Gasteiger partial charge >= 0.3 is 0 Å². The molecule has 5 nitrogen and oxygen atoms in total. The van der Waals surface area contributed by atoms with E-state index in [1.807, 2.05) is 0 Å². The molecule has 1 aromatic carbocycles. The number of primary amides is 1. The standard InChI is InChI=1S/C10H12N2O3/c1-7(12-14)8-2-4-9(5-3-8)15-6-10(11)13/h2-5,14H,6H2,1H3,(H2,11,13)/b12-7+. The molecule has 1 rings (SSSR count). The summed E-state index contributed by atoms with van der Waals surface area (Å²) in [7, 11) is 0. The van der Waals surface area contributed by atoms with Gasteiger partial charge in [0.2, 0.25) is 0 Å². The molecule has 0 saturated carbocycles. The lowest BCUT2D eigenvalue weighted by Gasteiger charge is -2.04. The Morgan fingerprint density at radius 3 is 2.53 bits per heavy atom. The minimum atomic E-state index is -0.521. The van der Waals surface area contributed by atoms with E-state index in [2.05, 4.69) is 5.16 Å². The number of carbonyl (C=O) groups is 1. The van der Waals surface area contributed by atoms with Crippen molar-refractivity contribution in [1.29, 1.82) is 0 Å². The number of nitrogens with zero attached hydrogens (tertiary/aromatic N) is 1. The largest absolute Gasteiger partial charge is 0.484 e. The summed E-state index contributed by atoms with van der Waals surface area (Å²) in [6.45, 7) is 1.53. The van der Waals surface area contributed by atoms with E-state index in [0.717, 1.165) is 5.56 Å². The Bertz CT molecular complexity index is 371. The lowest BCUT2D eigenvalue weighted by molar-refractivity contribution is -0.119. The number of rotatable bonds is 4. The third kappa shape index (κ3) is 3.30. The Balaban J connectivity index is 2.68. The van der Waals surface area contributed by atoms with Crippen molar-refractivity contribution >= 4 is 11.6 Å². The highest BCUT2D eigenvalue weighted by atomic mass is 16.5. The topological polar surface area (TPSA) is 84.9 Å². The summed E-state index contributed by atoms with van der Waals surface area (Å²) in [6, 6.07) is 6.80. The van der Waals surface area contributed by atoms with Crippen LogP contribution in [0.2, 0.25) is 0 Å². The van der Waals surface area contributed by atoms with Crippen LogP contribution in [0.25, 0.3) is 0 Å². The quantitative estimate of drug-likeness (QED) is 0.435. The summed E-state index contributed by atoms with van der Waals surface area (Å²) in [6.07, 6.45) is 0. The van der Waals surface area contributed by atoms with Crippen LogP contribution >= 0.6 is 0 Å². The molecular formula is C10H12N2O3. The van der Waals surface area contributed by atoms with Gasteiger partial charge in [-0.05, 0) is 36.8 Å². The molecule has 0 spiro atoms. The summed E-state index contributed by atoms with van der Waals surface area (Å²) < 4.78 is 5.06. The van der Waals surface area contributed by atoms with Crippen LogP contribution in [0.1, 0.15) is 12.5 Å². The zero-order valence-electron chi connectivity index (χ0n) is 8.30. The molecule has 0 fully saturated rings. The number of oxime groups is 1. The van der Waals surface area contributed by atoms with Crippen LogP contribution in [0.5, 0.6) is 5.75 Å². The molecule has 0 saturated heterocycles. The summed E-state index contributed by atoms with van der Waals surface area (Å²) in [5.41, 5.74) is 6.22. The first-order valence-corrected chi connectivity index (χ1v) is 4.33. The second-order valence-corrected chi connectivity index (χ2v) is 2.96. The van der Waals surface area contributed by atoms with Crippen molar-refractivity contribution in [2.24, 2.45) is 10.9 Å². The average Bonchev–Trinajstić information content (AvgIpc) is 2.26. The lowest BCUT2D eigenvalue weighted by Crippen LogP contribution is -2.19. The van der Waals surface area contributed by atoms with Crippen molar-refractivity contribution < 1.29 is 14.7 Å². The SMILES string of the molecule is C/C(=N\O)c1ccc(OCC(N)=O)cc1. The van der Waals surface area contributed by atoms with Crippen LogP contribution in [0.15, 0.2) is 29.4 Å². The Morgan fingerprint density at radius 1 is 1.47 bits per heavy atom. The van der Waals surface area contributed by atoms with E-state index in [0.29, 0.717) is 11.5 Å². The molecule has 0 aliphatic heterocycles. The predicted octanol–water partition coefficient (Wildman–Crippen LogP) is 0.749. The first-order valence-electron chi connectivity index (χ1n) is 4.33. The number of hydrogen-bond acceptors (Lipinski definition) is 4. The molecular weight excluding hydrogens is 196 g/mol. The van der Waals surface area contributed by atoms with Crippen molar-refractivity contribution in [3.63, 3.8) is 0 Å². The van der Waals surface area contributed by atoms with Gasteiger partial charge in [-0.2, -0.15) is 0 Å². The van der Waals surface area contributed by atoms with Crippen molar-refractivity contribution in [3.8, 4) is 5.75 Å². The minimum Gasteiger partial charge on any atom is -0.484 e. The maximum absolute atomic E-state index is 10.4. The Labute approximate surface area is 87.1 Å². The third-order valence-corrected chi connectivity index (χ3v) is 1.80. The van der Waals surface area contributed by atoms with Gasteiger partial charge in [0.1, 0.15) is 5.75 Å². The van der Waals surface area contributed by atoms with Crippen molar-refractivity contribution in [2.45, 2.75) is 6.92 Å². The highest BCUT2D eigenvalue weighted by Crippen LogP contribution is 2.12. The van der Waals surface area contributed by atoms with Gasteiger partial charge in [-0.3, -0.25) is 4.79 Å². The molecule has 3 N–H and O–H groups in total. The van der Waals surface area contributed by atoms with Gasteiger partial charge < -0.3 is 15.7 Å². The van der Waals surface area contributed by atoms with Crippen molar-refractivity contribution in [3.05, 3.63) is 29.8 Å². The molecule has 5 heteroatoms. The number of carbonyl (C=O) groups excluding carboxylic acids is 1. The summed E-state index contributed by atoms with van der Waals surface area (Å²) in [5.74, 6) is 0.0236. The number of amides is 1. The van der Waals surface area contributed by atoms with Crippen LogP contribution in [0.4, 0.5) is 0 Å². The Morgan fingerprint density at radius 2 is 2.07 bits per heavy atom. The summed E-state index contributed by atoms with van der Waals surface area (Å²) in [4.78, 5) is 10.4. The second kappa shape index (κ2) is 4.99. The monoisotopic (exact) mass is 208 g/mol. The van der Waals surface area contributed by atoms with Gasteiger partial charge in [-0.25, -0.2) is 0 Å². The highest BCUT2D eigenvalue weighted by molar-refractivity contribution is 5.98. The van der Waals surface area contributed by atoms with Gasteiger partial charge in [-0.1, -0.05) is 5.16 Å². The van der Waals surface area contributed by atoms with E-state index >= 15 is 0 Å². The number of hydrogen-bond donors (Lipinski definition) is 2. The zero-order chi connectivity index (χ0) is 11.3. The average molecular weight is 208 g/mol. The normalized spacial score (nSPS) is 11.1. The summed E-state index contributed by atoms with van der Waals surface area (Å²) in [5, 5.41) is 11.6. The molecule has 0 radical (unpaired) electrons. The maximum Gasteiger partial charge on any atom is 0.255 e. The zero-order valence-corrected chi connectivity index (χ0v) is 8.30. The highest BCUT2D eigenvalue weighted by Gasteiger charge is 2.00. The Kier molecular flexibility index (Phi) is 3.68. The molecule has 0 aliphatic rings. The lowest BCUT2D eigenvalue weighted by atomic mass is 10.1. The van der Waals surface area contributed by atoms with E-state index < -0.39 is 5.91 Å². The van der Waals surface area contributed by atoms with E-state index in [9.17, 15) is 4.79 Å². The van der Waals surface area contributed by atoms with E-state index in [1.54, 1.807) is 31.2 Å². The third-order valence-electron chi connectivity index (χ3n) is 1.80. The maximum atomic E-state index is 10.4. The van der Waals surface area contributed by atoms with Gasteiger partial charge in [0.25, 0.3) is 5.91 Å². The van der Waals surface area contributed by atoms with E-state index in [4.69, 9.17) is 15.7 Å². The van der Waals surface area contributed by atoms with Gasteiger partial charge in [0.05, 0.1) is 5.71 Å². The second-order valence-electron chi connectivity index (χ2n) is 2.96. The molecule has 1 amide bonds. The molecule has 15 heavy (non-hydrogen) atoms. The van der Waals surface area contributed by atoms with Crippen molar-refractivity contribution in [1.82, 2.24) is 0 Å². The molecule has 0 aromatic heterocycles. The smallest absolute Gasteiger partial charge is 0.255 e. The van der Waals surface area contributed by atoms with E-state index in [-0.39, 0.29) is 6.61 Å². The van der Waals surface area contributed by atoms with Crippen LogP contribution in [0.3, 0.4) is 0 Å². The fourth-order valence-electron chi connectivity index (χ4n) is 1.00. The molecule has 80 valence electrons.